The Morgan fingerprint density at radius 3 is 2.71 bits per heavy atom. The summed E-state index contributed by atoms with van der Waals surface area (Å²) >= 11 is 0. The fourth-order valence-corrected chi connectivity index (χ4v) is 1.51. The van der Waals surface area contributed by atoms with Crippen LogP contribution < -0.4 is 4.90 Å². The van der Waals surface area contributed by atoms with Gasteiger partial charge >= 0.3 is 0 Å². The Balaban J connectivity index is 2.33. The molecule has 5 nitrogen and oxygen atoms in total. The Hall–Kier alpha value is -2.61. The number of aromatic amines is 1. The molecular weight excluding hydrogens is 216 g/mol. The van der Waals surface area contributed by atoms with Crippen molar-refractivity contribution in [3.05, 3.63) is 42.2 Å². The third-order valence-corrected chi connectivity index (χ3v) is 2.30. The fourth-order valence-electron chi connectivity index (χ4n) is 1.51. The standard InChI is InChI=1S/C12H10N4O/c13-9-10-1-3-11(4-2-10)16(7-8-17)12-14-5-6-15-12/h1-6,8H,7H2,(H,14,15). The molecule has 0 aliphatic heterocycles. The summed E-state index contributed by atoms with van der Waals surface area (Å²) in [6.07, 6.45) is 4.12. The molecule has 2 rings (SSSR count). The second-order valence-electron chi connectivity index (χ2n) is 3.35. The summed E-state index contributed by atoms with van der Waals surface area (Å²) < 4.78 is 0. The van der Waals surface area contributed by atoms with Crippen molar-refractivity contribution in [2.75, 3.05) is 11.4 Å². The number of anilines is 2. The number of H-pyrrole nitrogens is 1. The quantitative estimate of drug-likeness (QED) is 0.804. The maximum absolute atomic E-state index is 10.7. The molecule has 0 spiro atoms. The Labute approximate surface area is 98.3 Å². The molecule has 17 heavy (non-hydrogen) atoms. The molecule has 2 aromatic rings. The van der Waals surface area contributed by atoms with E-state index in [0.717, 1.165) is 12.0 Å². The largest absolute Gasteiger partial charge is 0.331 e. The van der Waals surface area contributed by atoms with E-state index >= 15 is 0 Å². The highest BCUT2D eigenvalue weighted by molar-refractivity contribution is 5.67. The molecule has 1 N–H and O–H groups in total. The first-order valence-electron chi connectivity index (χ1n) is 5.06. The summed E-state index contributed by atoms with van der Waals surface area (Å²) in [7, 11) is 0. The number of hydrogen-bond donors (Lipinski definition) is 1. The molecule has 0 amide bonds. The molecule has 1 aromatic carbocycles. The van der Waals surface area contributed by atoms with Crippen molar-refractivity contribution < 1.29 is 4.79 Å². The van der Waals surface area contributed by atoms with Gasteiger partial charge in [-0.25, -0.2) is 4.98 Å². The van der Waals surface area contributed by atoms with Crippen molar-refractivity contribution in [3.63, 3.8) is 0 Å². The van der Waals surface area contributed by atoms with Gasteiger partial charge in [0.1, 0.15) is 6.29 Å². The summed E-state index contributed by atoms with van der Waals surface area (Å²) in [5, 5.41) is 8.72. The highest BCUT2D eigenvalue weighted by Crippen LogP contribution is 2.21. The molecule has 0 atom stereocenters. The summed E-state index contributed by atoms with van der Waals surface area (Å²) in [6, 6.07) is 9.02. The van der Waals surface area contributed by atoms with Gasteiger partial charge in [-0.3, -0.25) is 0 Å². The van der Waals surface area contributed by atoms with Crippen LogP contribution in [0, 0.1) is 11.3 Å². The molecular formula is C12H10N4O. The third kappa shape index (κ3) is 2.32. The lowest BCUT2D eigenvalue weighted by Crippen LogP contribution is -2.20. The minimum Gasteiger partial charge on any atom is -0.331 e. The maximum atomic E-state index is 10.7. The molecule has 1 aromatic heterocycles. The van der Waals surface area contributed by atoms with Gasteiger partial charge in [-0.05, 0) is 24.3 Å². The maximum Gasteiger partial charge on any atom is 0.207 e. The van der Waals surface area contributed by atoms with Crippen LogP contribution in [0.15, 0.2) is 36.7 Å². The number of carbonyl (C=O) groups excluding carboxylic acids is 1. The highest BCUT2D eigenvalue weighted by Gasteiger charge is 2.10. The average molecular weight is 226 g/mol. The minimum absolute atomic E-state index is 0.208. The van der Waals surface area contributed by atoms with E-state index in [1.807, 2.05) is 6.07 Å². The van der Waals surface area contributed by atoms with Gasteiger partial charge in [0.15, 0.2) is 0 Å². The van der Waals surface area contributed by atoms with Crippen molar-refractivity contribution in [2.24, 2.45) is 0 Å². The average Bonchev–Trinajstić information content (AvgIpc) is 2.90. The van der Waals surface area contributed by atoms with Crippen LogP contribution in [-0.4, -0.2) is 22.8 Å². The Bertz CT molecular complexity index is 525. The van der Waals surface area contributed by atoms with Gasteiger partial charge in [0.25, 0.3) is 0 Å². The van der Waals surface area contributed by atoms with Crippen LogP contribution in [0.3, 0.4) is 0 Å². The number of aldehydes is 1. The number of imidazole rings is 1. The van der Waals surface area contributed by atoms with Crippen LogP contribution in [0.4, 0.5) is 11.6 Å². The Morgan fingerprint density at radius 2 is 2.18 bits per heavy atom. The predicted molar refractivity (Wildman–Crippen MR) is 62.8 cm³/mol. The van der Waals surface area contributed by atoms with Crippen molar-refractivity contribution in [2.45, 2.75) is 0 Å². The molecule has 0 bridgehead atoms. The fraction of sp³-hybridized carbons (Fsp3) is 0.0833. The summed E-state index contributed by atoms with van der Waals surface area (Å²) in [5.41, 5.74) is 1.39. The van der Waals surface area contributed by atoms with E-state index in [9.17, 15) is 4.79 Å². The van der Waals surface area contributed by atoms with Gasteiger partial charge in [-0.2, -0.15) is 5.26 Å². The molecule has 0 saturated carbocycles. The SMILES string of the molecule is N#Cc1ccc(N(CC=O)c2ncc[nH]2)cc1. The number of carbonyl (C=O) groups is 1. The third-order valence-electron chi connectivity index (χ3n) is 2.30. The zero-order valence-corrected chi connectivity index (χ0v) is 9.00. The number of benzene rings is 1. The number of nitriles is 1. The smallest absolute Gasteiger partial charge is 0.207 e. The van der Waals surface area contributed by atoms with E-state index < -0.39 is 0 Å². The van der Waals surface area contributed by atoms with Crippen molar-refractivity contribution in [1.29, 1.82) is 5.26 Å². The van der Waals surface area contributed by atoms with Crippen molar-refractivity contribution >= 4 is 17.9 Å². The van der Waals surface area contributed by atoms with Crippen molar-refractivity contribution in [3.8, 4) is 6.07 Å². The predicted octanol–water partition coefficient (Wildman–Crippen LogP) is 1.62. The minimum atomic E-state index is 0.208. The van der Waals surface area contributed by atoms with E-state index in [2.05, 4.69) is 9.97 Å². The number of aromatic nitrogens is 2. The molecule has 0 aliphatic carbocycles. The molecule has 0 aliphatic rings. The van der Waals surface area contributed by atoms with Gasteiger partial charge in [0.05, 0.1) is 18.2 Å². The molecule has 0 radical (unpaired) electrons. The van der Waals surface area contributed by atoms with Crippen LogP contribution in [0.1, 0.15) is 5.56 Å². The first-order chi connectivity index (χ1) is 8.35. The van der Waals surface area contributed by atoms with Crippen LogP contribution in [0.2, 0.25) is 0 Å². The van der Waals surface area contributed by atoms with Gasteiger partial charge in [0.2, 0.25) is 5.95 Å². The monoisotopic (exact) mass is 226 g/mol. The van der Waals surface area contributed by atoms with E-state index in [1.165, 1.54) is 0 Å². The van der Waals surface area contributed by atoms with Gasteiger partial charge in [0, 0.05) is 18.1 Å². The number of rotatable bonds is 4. The van der Waals surface area contributed by atoms with Crippen molar-refractivity contribution in [1.82, 2.24) is 9.97 Å². The number of hydrogen-bond acceptors (Lipinski definition) is 4. The molecule has 0 unspecified atom stereocenters. The lowest BCUT2D eigenvalue weighted by molar-refractivity contribution is -0.106. The van der Waals surface area contributed by atoms with E-state index in [0.29, 0.717) is 11.5 Å². The molecule has 5 heteroatoms. The number of nitrogens with zero attached hydrogens (tertiary/aromatic N) is 3. The first-order valence-corrected chi connectivity index (χ1v) is 5.06. The van der Waals surface area contributed by atoms with E-state index in [4.69, 9.17) is 5.26 Å². The topological polar surface area (TPSA) is 72.8 Å². The zero-order valence-electron chi connectivity index (χ0n) is 9.00. The molecule has 84 valence electrons. The Kier molecular flexibility index (Phi) is 3.17. The van der Waals surface area contributed by atoms with Gasteiger partial charge in [-0.1, -0.05) is 0 Å². The van der Waals surface area contributed by atoms with E-state index in [-0.39, 0.29) is 6.54 Å². The Morgan fingerprint density at radius 1 is 1.41 bits per heavy atom. The summed E-state index contributed by atoms with van der Waals surface area (Å²) in [6.45, 7) is 0.208. The molecule has 0 saturated heterocycles. The van der Waals surface area contributed by atoms with Crippen LogP contribution >= 0.6 is 0 Å². The van der Waals surface area contributed by atoms with Gasteiger partial charge in [-0.15, -0.1) is 0 Å². The molecule has 1 heterocycles. The molecule has 0 fully saturated rings. The number of nitrogens with one attached hydrogen (secondary N) is 1. The summed E-state index contributed by atoms with van der Waals surface area (Å²) in [5.74, 6) is 0.599. The normalized spacial score (nSPS) is 9.59. The van der Waals surface area contributed by atoms with Crippen LogP contribution in [-0.2, 0) is 4.79 Å². The van der Waals surface area contributed by atoms with Gasteiger partial charge < -0.3 is 14.7 Å². The lowest BCUT2D eigenvalue weighted by Gasteiger charge is -2.19. The zero-order chi connectivity index (χ0) is 12.1. The second kappa shape index (κ2) is 4.94. The summed E-state index contributed by atoms with van der Waals surface area (Å²) in [4.78, 5) is 19.4. The van der Waals surface area contributed by atoms with Crippen LogP contribution in [0.25, 0.3) is 0 Å². The lowest BCUT2D eigenvalue weighted by atomic mass is 10.2. The van der Waals surface area contributed by atoms with E-state index in [1.54, 1.807) is 41.6 Å². The highest BCUT2D eigenvalue weighted by atomic mass is 16.1. The van der Waals surface area contributed by atoms with Crippen LogP contribution in [0.5, 0.6) is 0 Å². The first kappa shape index (κ1) is 10.9. The second-order valence-corrected chi connectivity index (χ2v) is 3.35.